The van der Waals surface area contributed by atoms with Crippen molar-refractivity contribution in [1.29, 1.82) is 0 Å². The molecule has 7 heteroatoms. The third kappa shape index (κ3) is 7.65. The Hall–Kier alpha value is -1.09. The van der Waals surface area contributed by atoms with E-state index in [2.05, 4.69) is 58.3 Å². The zero-order valence-electron chi connectivity index (χ0n) is 14.7. The molecule has 0 aromatic carbocycles. The number of aryl methyl sites for hydroxylation is 2. The second-order valence-electron chi connectivity index (χ2n) is 5.90. The number of rotatable bonds is 8. The molecule has 0 aliphatic carbocycles. The summed E-state index contributed by atoms with van der Waals surface area (Å²) in [5, 5.41) is 13.2. The van der Waals surface area contributed by atoms with Crippen molar-refractivity contribution in [2.75, 3.05) is 20.1 Å². The largest absolute Gasteiger partial charge is 0.356 e. The normalized spacial score (nSPS) is 12.5. The molecule has 0 aliphatic heterocycles. The quantitative estimate of drug-likeness (QED) is 0.275. The molecular formula is C17H28IN5S. The summed E-state index contributed by atoms with van der Waals surface area (Å²) in [6, 6.07) is 4.31. The molecule has 2 heterocycles. The fourth-order valence-corrected chi connectivity index (χ4v) is 3.24. The predicted molar refractivity (Wildman–Crippen MR) is 114 cm³/mol. The molecule has 1 atom stereocenters. The maximum absolute atomic E-state index is 4.29. The molecule has 2 N–H and O–H groups in total. The van der Waals surface area contributed by atoms with Crippen LogP contribution < -0.4 is 10.6 Å². The van der Waals surface area contributed by atoms with Crippen LogP contribution in [0.15, 0.2) is 34.9 Å². The van der Waals surface area contributed by atoms with Gasteiger partial charge in [0.05, 0.1) is 6.20 Å². The molecule has 2 aromatic rings. The minimum Gasteiger partial charge on any atom is -0.356 e. The van der Waals surface area contributed by atoms with Gasteiger partial charge in [-0.25, -0.2) is 0 Å². The summed E-state index contributed by atoms with van der Waals surface area (Å²) in [7, 11) is 1.82. The molecule has 24 heavy (non-hydrogen) atoms. The van der Waals surface area contributed by atoms with Crippen LogP contribution in [0.1, 0.15) is 23.8 Å². The Balaban J connectivity index is 0.00000288. The van der Waals surface area contributed by atoms with E-state index in [4.69, 9.17) is 0 Å². The van der Waals surface area contributed by atoms with Gasteiger partial charge in [-0.3, -0.25) is 9.67 Å². The van der Waals surface area contributed by atoms with Crippen LogP contribution in [0.2, 0.25) is 0 Å². The highest BCUT2D eigenvalue weighted by Crippen LogP contribution is 2.13. The first-order valence-corrected chi connectivity index (χ1v) is 9.01. The minimum atomic E-state index is 0. The smallest absolute Gasteiger partial charge is 0.190 e. The van der Waals surface area contributed by atoms with Gasteiger partial charge in [0.2, 0.25) is 0 Å². The molecule has 0 saturated carbocycles. The molecule has 2 rings (SSSR count). The number of aromatic nitrogens is 2. The van der Waals surface area contributed by atoms with Gasteiger partial charge in [-0.05, 0) is 42.7 Å². The minimum absolute atomic E-state index is 0. The van der Waals surface area contributed by atoms with Crippen molar-refractivity contribution in [1.82, 2.24) is 20.4 Å². The second kappa shape index (κ2) is 11.5. The average molecular weight is 461 g/mol. The van der Waals surface area contributed by atoms with Crippen LogP contribution in [-0.2, 0) is 13.0 Å². The zero-order chi connectivity index (χ0) is 16.5. The Labute approximate surface area is 166 Å². The highest BCUT2D eigenvalue weighted by Gasteiger charge is 2.06. The monoisotopic (exact) mass is 461 g/mol. The Morgan fingerprint density at radius 1 is 1.42 bits per heavy atom. The standard InChI is InChI=1S/C17H27N5S.HI/c1-14(10-16-6-4-9-23-16)11-20-17(18-3)19-7-5-8-22-13-15(2)12-21-22;/h4,6,9,12-14H,5,7-8,10-11H2,1-3H3,(H2,18,19,20);1H. The van der Waals surface area contributed by atoms with Crippen molar-refractivity contribution in [3.05, 3.63) is 40.3 Å². The molecule has 0 aliphatic rings. The zero-order valence-corrected chi connectivity index (χ0v) is 17.8. The molecule has 1 unspecified atom stereocenters. The Kier molecular flexibility index (Phi) is 10.0. The van der Waals surface area contributed by atoms with E-state index < -0.39 is 0 Å². The number of hydrogen-bond donors (Lipinski definition) is 2. The fraction of sp³-hybridized carbons (Fsp3) is 0.529. The van der Waals surface area contributed by atoms with E-state index in [0.717, 1.165) is 38.4 Å². The van der Waals surface area contributed by atoms with Gasteiger partial charge in [0, 0.05) is 37.8 Å². The lowest BCUT2D eigenvalue weighted by atomic mass is 10.1. The van der Waals surface area contributed by atoms with E-state index in [1.54, 1.807) is 0 Å². The second-order valence-corrected chi connectivity index (χ2v) is 6.94. The first-order chi connectivity index (χ1) is 11.2. The van der Waals surface area contributed by atoms with Gasteiger partial charge in [0.15, 0.2) is 5.96 Å². The summed E-state index contributed by atoms with van der Waals surface area (Å²) in [6.45, 7) is 7.06. The first-order valence-electron chi connectivity index (χ1n) is 8.13. The van der Waals surface area contributed by atoms with Gasteiger partial charge < -0.3 is 10.6 Å². The molecule has 0 bridgehead atoms. The lowest BCUT2D eigenvalue weighted by Gasteiger charge is -2.15. The topological polar surface area (TPSA) is 54.2 Å². The molecule has 0 radical (unpaired) electrons. The van der Waals surface area contributed by atoms with Crippen molar-refractivity contribution >= 4 is 41.3 Å². The maximum atomic E-state index is 4.29. The first kappa shape index (κ1) is 21.0. The van der Waals surface area contributed by atoms with Gasteiger partial charge in [-0.15, -0.1) is 35.3 Å². The third-order valence-electron chi connectivity index (χ3n) is 3.59. The van der Waals surface area contributed by atoms with E-state index >= 15 is 0 Å². The highest BCUT2D eigenvalue weighted by molar-refractivity contribution is 14.0. The molecular weight excluding hydrogens is 433 g/mol. The summed E-state index contributed by atoms with van der Waals surface area (Å²) in [5.74, 6) is 1.46. The third-order valence-corrected chi connectivity index (χ3v) is 4.49. The van der Waals surface area contributed by atoms with E-state index in [1.807, 2.05) is 29.3 Å². The van der Waals surface area contributed by atoms with Crippen molar-refractivity contribution < 1.29 is 0 Å². The number of aliphatic imine (C=N–C) groups is 1. The van der Waals surface area contributed by atoms with Crippen molar-refractivity contribution in [2.45, 2.75) is 33.2 Å². The Morgan fingerprint density at radius 3 is 2.88 bits per heavy atom. The number of nitrogens with one attached hydrogen (secondary N) is 2. The number of nitrogens with zero attached hydrogens (tertiary/aromatic N) is 3. The van der Waals surface area contributed by atoms with Crippen LogP contribution in [0.3, 0.4) is 0 Å². The summed E-state index contributed by atoms with van der Waals surface area (Å²) in [4.78, 5) is 5.72. The summed E-state index contributed by atoms with van der Waals surface area (Å²) in [6.07, 6.45) is 6.09. The lowest BCUT2D eigenvalue weighted by Crippen LogP contribution is -2.40. The van der Waals surface area contributed by atoms with Gasteiger partial charge in [0.1, 0.15) is 0 Å². The fourth-order valence-electron chi connectivity index (χ4n) is 2.37. The molecule has 134 valence electrons. The Morgan fingerprint density at radius 2 is 2.25 bits per heavy atom. The Bertz CT molecular complexity index is 594. The summed E-state index contributed by atoms with van der Waals surface area (Å²) < 4.78 is 1.98. The van der Waals surface area contributed by atoms with Crippen LogP contribution in [0.4, 0.5) is 0 Å². The van der Waals surface area contributed by atoms with Crippen molar-refractivity contribution in [3.63, 3.8) is 0 Å². The van der Waals surface area contributed by atoms with Gasteiger partial charge in [-0.2, -0.15) is 5.10 Å². The molecule has 2 aromatic heterocycles. The summed E-state index contributed by atoms with van der Waals surface area (Å²) in [5.41, 5.74) is 1.20. The molecule has 0 saturated heterocycles. The van der Waals surface area contributed by atoms with E-state index in [0.29, 0.717) is 5.92 Å². The maximum Gasteiger partial charge on any atom is 0.190 e. The van der Waals surface area contributed by atoms with E-state index in [-0.39, 0.29) is 24.0 Å². The number of guanidine groups is 1. The van der Waals surface area contributed by atoms with Crippen LogP contribution >= 0.6 is 35.3 Å². The van der Waals surface area contributed by atoms with Crippen LogP contribution in [0, 0.1) is 12.8 Å². The van der Waals surface area contributed by atoms with Gasteiger partial charge >= 0.3 is 0 Å². The summed E-state index contributed by atoms with van der Waals surface area (Å²) >= 11 is 1.83. The number of thiophene rings is 1. The molecule has 0 fully saturated rings. The highest BCUT2D eigenvalue weighted by atomic mass is 127. The molecule has 0 amide bonds. The lowest BCUT2D eigenvalue weighted by molar-refractivity contribution is 0.551. The van der Waals surface area contributed by atoms with E-state index in [9.17, 15) is 0 Å². The average Bonchev–Trinajstić information content (AvgIpc) is 3.18. The SMILES string of the molecule is CN=C(NCCCn1cc(C)cn1)NCC(C)Cc1cccs1.I. The van der Waals surface area contributed by atoms with Gasteiger partial charge in [-0.1, -0.05) is 13.0 Å². The number of hydrogen-bond acceptors (Lipinski definition) is 3. The van der Waals surface area contributed by atoms with Crippen LogP contribution in [-0.4, -0.2) is 35.9 Å². The number of halogens is 1. The van der Waals surface area contributed by atoms with E-state index in [1.165, 1.54) is 10.4 Å². The molecule has 0 spiro atoms. The van der Waals surface area contributed by atoms with Crippen LogP contribution in [0.5, 0.6) is 0 Å². The molecule has 5 nitrogen and oxygen atoms in total. The van der Waals surface area contributed by atoms with Gasteiger partial charge in [0.25, 0.3) is 0 Å². The van der Waals surface area contributed by atoms with Crippen molar-refractivity contribution in [3.8, 4) is 0 Å². The predicted octanol–water partition coefficient (Wildman–Crippen LogP) is 3.30. The van der Waals surface area contributed by atoms with Crippen LogP contribution in [0.25, 0.3) is 0 Å². The van der Waals surface area contributed by atoms with Crippen molar-refractivity contribution in [2.24, 2.45) is 10.9 Å².